The second-order valence-corrected chi connectivity index (χ2v) is 5.20. The van der Waals surface area contributed by atoms with Gasteiger partial charge >= 0.3 is 0 Å². The topological polar surface area (TPSA) is 61.4 Å². The Morgan fingerprint density at radius 1 is 1.59 bits per heavy atom. The number of halogens is 1. The number of fused-ring (bicyclic) bond motifs is 1. The summed E-state index contributed by atoms with van der Waals surface area (Å²) in [5.41, 5.74) is 1.66. The number of nitrogens with one attached hydrogen (secondary N) is 2. The van der Waals surface area contributed by atoms with Crippen LogP contribution in [0.4, 0.5) is 5.69 Å². The summed E-state index contributed by atoms with van der Waals surface area (Å²) in [5.74, 6) is 0.518. The van der Waals surface area contributed by atoms with E-state index in [1.165, 1.54) is 11.8 Å². The van der Waals surface area contributed by atoms with Crippen LogP contribution in [0.15, 0.2) is 17.0 Å². The Morgan fingerprint density at radius 2 is 2.35 bits per heavy atom. The number of aliphatic hydroxyl groups is 1. The third-order valence-corrected chi connectivity index (χ3v) is 4.03. The fourth-order valence-corrected chi connectivity index (χ4v) is 2.86. The molecule has 1 aromatic rings. The van der Waals surface area contributed by atoms with Gasteiger partial charge < -0.3 is 15.7 Å². The van der Waals surface area contributed by atoms with E-state index in [9.17, 15) is 4.79 Å². The number of thioether (sulfide) groups is 1. The van der Waals surface area contributed by atoms with Gasteiger partial charge in [-0.3, -0.25) is 4.79 Å². The molecule has 6 heteroatoms. The van der Waals surface area contributed by atoms with Crippen molar-refractivity contribution < 1.29 is 9.90 Å². The lowest BCUT2D eigenvalue weighted by Crippen LogP contribution is -2.23. The van der Waals surface area contributed by atoms with Gasteiger partial charge in [-0.2, -0.15) is 0 Å². The number of amides is 1. The van der Waals surface area contributed by atoms with Gasteiger partial charge in [-0.25, -0.2) is 0 Å². The summed E-state index contributed by atoms with van der Waals surface area (Å²) in [6, 6.07) is 3.32. The molecule has 0 spiro atoms. The molecule has 1 aliphatic rings. The third kappa shape index (κ3) is 2.42. The molecule has 0 fully saturated rings. The zero-order valence-corrected chi connectivity index (χ0v) is 10.9. The molecule has 17 heavy (non-hydrogen) atoms. The molecular weight excluding hydrogens is 260 g/mol. The normalized spacial score (nSPS) is 18.1. The quantitative estimate of drug-likeness (QED) is 0.729. The molecule has 0 saturated heterocycles. The highest BCUT2D eigenvalue weighted by Crippen LogP contribution is 2.38. The van der Waals surface area contributed by atoms with Gasteiger partial charge in [-0.15, -0.1) is 11.8 Å². The fraction of sp³-hybridized carbons (Fsp3) is 0.364. The maximum absolute atomic E-state index is 11.6. The number of carbonyl (C=O) groups excluding carboxylic acids is 1. The van der Waals surface area contributed by atoms with Gasteiger partial charge in [0.05, 0.1) is 11.6 Å². The first kappa shape index (κ1) is 12.7. The summed E-state index contributed by atoms with van der Waals surface area (Å²) in [7, 11) is 1.74. The average Bonchev–Trinajstić information content (AvgIpc) is 2.61. The van der Waals surface area contributed by atoms with Crippen molar-refractivity contribution in [1.82, 2.24) is 5.32 Å². The Labute approximate surface area is 109 Å². The van der Waals surface area contributed by atoms with Crippen molar-refractivity contribution in [1.29, 1.82) is 0 Å². The van der Waals surface area contributed by atoms with Crippen LogP contribution in [0.25, 0.3) is 0 Å². The molecule has 0 radical (unpaired) electrons. The largest absolute Gasteiger partial charge is 0.396 e. The summed E-state index contributed by atoms with van der Waals surface area (Å²) < 4.78 is 0. The van der Waals surface area contributed by atoms with Gasteiger partial charge in [0.1, 0.15) is 6.04 Å². The summed E-state index contributed by atoms with van der Waals surface area (Å²) in [5, 5.41) is 15.1. The van der Waals surface area contributed by atoms with Crippen molar-refractivity contribution in [3.8, 4) is 0 Å². The molecule has 1 aliphatic heterocycles. The van der Waals surface area contributed by atoms with Crippen LogP contribution >= 0.6 is 23.4 Å². The lowest BCUT2D eigenvalue weighted by atomic mass is 10.1. The molecule has 0 aromatic heterocycles. The molecule has 0 saturated carbocycles. The SMILES string of the molecule is CNC1C(=O)Nc2cc(SCCO)c(Cl)cc21. The minimum absolute atomic E-state index is 0.0668. The van der Waals surface area contributed by atoms with E-state index in [2.05, 4.69) is 10.6 Å². The second-order valence-electron chi connectivity index (χ2n) is 3.65. The van der Waals surface area contributed by atoms with Crippen molar-refractivity contribution in [3.05, 3.63) is 22.7 Å². The molecule has 1 amide bonds. The van der Waals surface area contributed by atoms with Crippen LogP contribution < -0.4 is 10.6 Å². The van der Waals surface area contributed by atoms with Crippen molar-refractivity contribution in [2.75, 3.05) is 24.7 Å². The van der Waals surface area contributed by atoms with E-state index < -0.39 is 0 Å². The number of hydrogen-bond donors (Lipinski definition) is 3. The molecule has 1 heterocycles. The van der Waals surface area contributed by atoms with E-state index in [1.54, 1.807) is 13.1 Å². The van der Waals surface area contributed by atoms with E-state index in [-0.39, 0.29) is 18.6 Å². The standard InChI is InChI=1S/C11H13ClN2O2S/c1-13-10-6-4-7(12)9(17-3-2-15)5-8(6)14-11(10)16/h4-5,10,13,15H,2-3H2,1H3,(H,14,16). The van der Waals surface area contributed by atoms with Crippen LogP contribution in [0, 0.1) is 0 Å². The van der Waals surface area contributed by atoms with Gasteiger partial charge in [-0.05, 0) is 19.2 Å². The van der Waals surface area contributed by atoms with Gasteiger partial charge in [0.2, 0.25) is 5.91 Å². The van der Waals surface area contributed by atoms with Gasteiger partial charge in [0, 0.05) is 21.9 Å². The molecule has 1 aromatic carbocycles. The Morgan fingerprint density at radius 3 is 3.00 bits per heavy atom. The number of likely N-dealkylation sites (N-methyl/N-ethyl adjacent to an activating group) is 1. The van der Waals surface area contributed by atoms with E-state index in [4.69, 9.17) is 16.7 Å². The van der Waals surface area contributed by atoms with Crippen molar-refractivity contribution in [2.45, 2.75) is 10.9 Å². The van der Waals surface area contributed by atoms with Crippen LogP contribution in [0.2, 0.25) is 5.02 Å². The number of benzene rings is 1. The second kappa shape index (κ2) is 5.27. The van der Waals surface area contributed by atoms with Crippen molar-refractivity contribution in [3.63, 3.8) is 0 Å². The van der Waals surface area contributed by atoms with Crippen LogP contribution in [0.3, 0.4) is 0 Å². The molecule has 3 N–H and O–H groups in total. The minimum Gasteiger partial charge on any atom is -0.396 e. The van der Waals surface area contributed by atoms with Gasteiger partial charge in [0.25, 0.3) is 0 Å². The summed E-state index contributed by atoms with van der Waals surface area (Å²) >= 11 is 7.61. The molecular formula is C11H13ClN2O2S. The first-order valence-electron chi connectivity index (χ1n) is 5.22. The average molecular weight is 273 g/mol. The highest BCUT2D eigenvalue weighted by Gasteiger charge is 2.30. The smallest absolute Gasteiger partial charge is 0.246 e. The van der Waals surface area contributed by atoms with E-state index >= 15 is 0 Å². The first-order chi connectivity index (χ1) is 8.17. The van der Waals surface area contributed by atoms with E-state index in [1.807, 2.05) is 6.07 Å². The Kier molecular flexibility index (Phi) is 3.93. The van der Waals surface area contributed by atoms with Crippen LogP contribution in [0.5, 0.6) is 0 Å². The van der Waals surface area contributed by atoms with Gasteiger partial charge in [-0.1, -0.05) is 11.6 Å². The molecule has 2 rings (SSSR count). The zero-order valence-electron chi connectivity index (χ0n) is 9.29. The molecule has 0 bridgehead atoms. The predicted octanol–water partition coefficient (Wildman–Crippen LogP) is 1.64. The van der Waals surface area contributed by atoms with E-state index in [0.717, 1.165) is 16.1 Å². The van der Waals surface area contributed by atoms with Crippen molar-refractivity contribution in [2.24, 2.45) is 0 Å². The monoisotopic (exact) mass is 272 g/mol. The highest BCUT2D eigenvalue weighted by molar-refractivity contribution is 7.99. The molecule has 0 aliphatic carbocycles. The number of rotatable bonds is 4. The Hall–Kier alpha value is -0.750. The Balaban J connectivity index is 2.33. The third-order valence-electron chi connectivity index (χ3n) is 2.57. The highest BCUT2D eigenvalue weighted by atomic mass is 35.5. The van der Waals surface area contributed by atoms with Crippen LogP contribution in [-0.4, -0.2) is 30.4 Å². The van der Waals surface area contributed by atoms with Crippen molar-refractivity contribution >= 4 is 35.0 Å². The molecule has 1 unspecified atom stereocenters. The Bertz CT molecular complexity index is 453. The molecule has 4 nitrogen and oxygen atoms in total. The van der Waals surface area contributed by atoms with Crippen LogP contribution in [0.1, 0.15) is 11.6 Å². The zero-order chi connectivity index (χ0) is 12.4. The number of carbonyl (C=O) groups is 1. The molecule has 92 valence electrons. The van der Waals surface area contributed by atoms with Crippen LogP contribution in [-0.2, 0) is 4.79 Å². The molecule has 1 atom stereocenters. The number of anilines is 1. The predicted molar refractivity (Wildman–Crippen MR) is 69.7 cm³/mol. The summed E-state index contributed by atoms with van der Waals surface area (Å²) in [6.07, 6.45) is 0. The summed E-state index contributed by atoms with van der Waals surface area (Å²) in [4.78, 5) is 12.5. The number of aliphatic hydroxyl groups excluding tert-OH is 1. The number of hydrogen-bond acceptors (Lipinski definition) is 4. The minimum atomic E-state index is -0.334. The van der Waals surface area contributed by atoms with Gasteiger partial charge in [0.15, 0.2) is 0 Å². The lowest BCUT2D eigenvalue weighted by Gasteiger charge is -2.09. The van der Waals surface area contributed by atoms with E-state index in [0.29, 0.717) is 10.8 Å². The lowest BCUT2D eigenvalue weighted by molar-refractivity contribution is -0.117. The fourth-order valence-electron chi connectivity index (χ4n) is 1.81. The maximum Gasteiger partial charge on any atom is 0.246 e. The first-order valence-corrected chi connectivity index (χ1v) is 6.59. The maximum atomic E-state index is 11.6. The summed E-state index contributed by atoms with van der Waals surface area (Å²) in [6.45, 7) is 0.101.